The van der Waals surface area contributed by atoms with Gasteiger partial charge in [-0.1, -0.05) is 41.9 Å². The summed E-state index contributed by atoms with van der Waals surface area (Å²) in [5.74, 6) is 0.638. The van der Waals surface area contributed by atoms with E-state index in [0.717, 1.165) is 16.6 Å². The van der Waals surface area contributed by atoms with Crippen LogP contribution in [-0.2, 0) is 7.05 Å². The van der Waals surface area contributed by atoms with Crippen LogP contribution in [0, 0.1) is 11.3 Å². The largest absolute Gasteiger partial charge is 0.327 e. The van der Waals surface area contributed by atoms with Crippen molar-refractivity contribution in [2.75, 3.05) is 0 Å². The van der Waals surface area contributed by atoms with Crippen molar-refractivity contribution >= 4 is 34.3 Å². The molecule has 4 heteroatoms. The Kier molecular flexibility index (Phi) is 3.47. The molecule has 2 aromatic carbocycles. The zero-order chi connectivity index (χ0) is 14.8. The number of para-hydroxylation sites is 2. The minimum absolute atomic E-state index is 0.488. The van der Waals surface area contributed by atoms with Crippen molar-refractivity contribution in [3.63, 3.8) is 0 Å². The summed E-state index contributed by atoms with van der Waals surface area (Å²) in [6, 6.07) is 17.5. The zero-order valence-electron chi connectivity index (χ0n) is 11.4. The second kappa shape index (κ2) is 5.43. The summed E-state index contributed by atoms with van der Waals surface area (Å²) in [5.41, 5.74) is 3.16. The smallest absolute Gasteiger partial charge is 0.151 e. The Balaban J connectivity index is 2.18. The molecule has 1 aromatic heterocycles. The highest BCUT2D eigenvalue weighted by atomic mass is 35.5. The van der Waals surface area contributed by atoms with Crippen LogP contribution in [0.3, 0.4) is 0 Å². The van der Waals surface area contributed by atoms with Crippen LogP contribution in [0.25, 0.3) is 22.7 Å². The van der Waals surface area contributed by atoms with Gasteiger partial charge in [-0.3, -0.25) is 0 Å². The van der Waals surface area contributed by atoms with Crippen molar-refractivity contribution in [2.45, 2.75) is 0 Å². The predicted octanol–water partition coefficient (Wildman–Crippen LogP) is 4.29. The molecule has 3 nitrogen and oxygen atoms in total. The summed E-state index contributed by atoms with van der Waals surface area (Å²) in [4.78, 5) is 4.54. The molecule has 21 heavy (non-hydrogen) atoms. The van der Waals surface area contributed by atoms with Gasteiger partial charge in [0, 0.05) is 12.1 Å². The van der Waals surface area contributed by atoms with Crippen molar-refractivity contribution in [3.8, 4) is 6.07 Å². The Morgan fingerprint density at radius 2 is 1.90 bits per heavy atom. The van der Waals surface area contributed by atoms with Gasteiger partial charge in [-0.25, -0.2) is 4.98 Å². The fourth-order valence-electron chi connectivity index (χ4n) is 2.28. The van der Waals surface area contributed by atoms with Gasteiger partial charge >= 0.3 is 0 Å². The SMILES string of the molecule is Cn1c(/C(C#N)=C\c2ccccc2Cl)nc2ccccc21. The molecule has 0 atom stereocenters. The zero-order valence-corrected chi connectivity index (χ0v) is 12.2. The van der Waals surface area contributed by atoms with E-state index in [1.54, 1.807) is 12.1 Å². The fraction of sp³-hybridized carbons (Fsp3) is 0.0588. The maximum atomic E-state index is 9.47. The van der Waals surface area contributed by atoms with Gasteiger partial charge in [0.25, 0.3) is 0 Å². The second-order valence-electron chi connectivity index (χ2n) is 4.67. The number of imidazole rings is 1. The number of hydrogen-bond acceptors (Lipinski definition) is 2. The van der Waals surface area contributed by atoms with Gasteiger partial charge in [0.1, 0.15) is 6.07 Å². The van der Waals surface area contributed by atoms with Gasteiger partial charge in [0.2, 0.25) is 0 Å². The van der Waals surface area contributed by atoms with Crippen LogP contribution >= 0.6 is 11.6 Å². The first kappa shape index (κ1) is 13.4. The standard InChI is InChI=1S/C17H12ClN3/c1-21-16-9-5-4-8-15(16)20-17(21)13(11-19)10-12-6-2-3-7-14(12)18/h2-10H,1H3/b13-10-. The Bertz CT molecular complexity index is 884. The van der Waals surface area contributed by atoms with Crippen LogP contribution in [0.5, 0.6) is 0 Å². The van der Waals surface area contributed by atoms with Crippen molar-refractivity contribution in [2.24, 2.45) is 7.05 Å². The third kappa shape index (κ3) is 2.42. The molecule has 3 rings (SSSR count). The lowest BCUT2D eigenvalue weighted by atomic mass is 10.1. The Hall–Kier alpha value is -2.57. The van der Waals surface area contributed by atoms with Crippen LogP contribution < -0.4 is 0 Å². The maximum Gasteiger partial charge on any atom is 0.151 e. The number of nitrogens with zero attached hydrogens (tertiary/aromatic N) is 3. The number of aryl methyl sites for hydroxylation is 1. The van der Waals surface area contributed by atoms with E-state index in [1.165, 1.54) is 0 Å². The van der Waals surface area contributed by atoms with E-state index in [4.69, 9.17) is 11.6 Å². The minimum atomic E-state index is 0.488. The molecule has 102 valence electrons. The number of hydrogen-bond donors (Lipinski definition) is 0. The number of allylic oxidation sites excluding steroid dienone is 1. The molecule has 0 spiro atoms. The molecule has 0 amide bonds. The van der Waals surface area contributed by atoms with Gasteiger partial charge in [-0.05, 0) is 29.8 Å². The molecule has 3 aromatic rings. The third-order valence-electron chi connectivity index (χ3n) is 3.35. The summed E-state index contributed by atoms with van der Waals surface area (Å²) in [6.45, 7) is 0. The summed E-state index contributed by atoms with van der Waals surface area (Å²) in [5, 5.41) is 10.1. The van der Waals surface area contributed by atoms with E-state index in [9.17, 15) is 5.26 Å². The number of halogens is 1. The van der Waals surface area contributed by atoms with Gasteiger partial charge < -0.3 is 4.57 Å². The van der Waals surface area contributed by atoms with Gasteiger partial charge in [-0.15, -0.1) is 0 Å². The molecule has 0 N–H and O–H groups in total. The first-order valence-corrected chi connectivity index (χ1v) is 6.86. The highest BCUT2D eigenvalue weighted by molar-refractivity contribution is 6.32. The second-order valence-corrected chi connectivity index (χ2v) is 5.08. The summed E-state index contributed by atoms with van der Waals surface area (Å²) in [6.07, 6.45) is 1.77. The maximum absolute atomic E-state index is 9.47. The lowest BCUT2D eigenvalue weighted by Gasteiger charge is -2.02. The van der Waals surface area contributed by atoms with E-state index in [0.29, 0.717) is 16.4 Å². The monoisotopic (exact) mass is 293 g/mol. The van der Waals surface area contributed by atoms with Crippen molar-refractivity contribution < 1.29 is 0 Å². The minimum Gasteiger partial charge on any atom is -0.327 e. The highest BCUT2D eigenvalue weighted by Crippen LogP contribution is 2.24. The van der Waals surface area contributed by atoms with Crippen molar-refractivity contribution in [1.82, 2.24) is 9.55 Å². The average molecular weight is 294 g/mol. The van der Waals surface area contributed by atoms with E-state index in [1.807, 2.05) is 54.1 Å². The fourth-order valence-corrected chi connectivity index (χ4v) is 2.47. The van der Waals surface area contributed by atoms with E-state index >= 15 is 0 Å². The molecular formula is C17H12ClN3. The van der Waals surface area contributed by atoms with Crippen LogP contribution in [0.4, 0.5) is 0 Å². The Morgan fingerprint density at radius 1 is 1.19 bits per heavy atom. The van der Waals surface area contributed by atoms with Crippen molar-refractivity contribution in [1.29, 1.82) is 5.26 Å². The average Bonchev–Trinajstić information content (AvgIpc) is 2.84. The molecule has 0 aliphatic rings. The third-order valence-corrected chi connectivity index (χ3v) is 3.70. The lowest BCUT2D eigenvalue weighted by Crippen LogP contribution is -1.96. The first-order chi connectivity index (χ1) is 10.2. The summed E-state index contributed by atoms with van der Waals surface area (Å²) >= 11 is 6.15. The summed E-state index contributed by atoms with van der Waals surface area (Å²) < 4.78 is 1.92. The van der Waals surface area contributed by atoms with Gasteiger partial charge in [-0.2, -0.15) is 5.26 Å². The number of fused-ring (bicyclic) bond motifs is 1. The predicted molar refractivity (Wildman–Crippen MR) is 85.7 cm³/mol. The lowest BCUT2D eigenvalue weighted by molar-refractivity contribution is 0.925. The number of benzene rings is 2. The van der Waals surface area contributed by atoms with Crippen LogP contribution in [0.1, 0.15) is 11.4 Å². The molecule has 0 radical (unpaired) electrons. The molecule has 0 aliphatic heterocycles. The van der Waals surface area contributed by atoms with E-state index in [2.05, 4.69) is 11.1 Å². The van der Waals surface area contributed by atoms with E-state index < -0.39 is 0 Å². The van der Waals surface area contributed by atoms with E-state index in [-0.39, 0.29) is 0 Å². The number of rotatable bonds is 2. The molecule has 0 unspecified atom stereocenters. The normalized spacial score (nSPS) is 11.6. The molecule has 1 heterocycles. The molecular weight excluding hydrogens is 282 g/mol. The highest BCUT2D eigenvalue weighted by Gasteiger charge is 2.12. The van der Waals surface area contributed by atoms with Crippen molar-refractivity contribution in [3.05, 3.63) is 64.9 Å². The number of nitriles is 1. The van der Waals surface area contributed by atoms with Crippen LogP contribution in [0.2, 0.25) is 5.02 Å². The molecule has 0 fully saturated rings. The Labute approximate surface area is 127 Å². The summed E-state index contributed by atoms with van der Waals surface area (Å²) in [7, 11) is 1.91. The van der Waals surface area contributed by atoms with Crippen LogP contribution in [-0.4, -0.2) is 9.55 Å². The topological polar surface area (TPSA) is 41.6 Å². The van der Waals surface area contributed by atoms with Gasteiger partial charge in [0.15, 0.2) is 5.82 Å². The Morgan fingerprint density at radius 3 is 2.62 bits per heavy atom. The quantitative estimate of drug-likeness (QED) is 0.661. The van der Waals surface area contributed by atoms with Crippen LogP contribution in [0.15, 0.2) is 48.5 Å². The molecule has 0 saturated carbocycles. The molecule has 0 saturated heterocycles. The number of aromatic nitrogens is 2. The van der Waals surface area contributed by atoms with Gasteiger partial charge in [0.05, 0.1) is 16.6 Å². The molecule has 0 aliphatic carbocycles. The first-order valence-electron chi connectivity index (χ1n) is 6.49. The molecule has 0 bridgehead atoms.